The molecule has 20 heavy (non-hydrogen) atoms. The molecule has 2 rings (SSSR count). The molecule has 1 N–H and O–H groups in total. The lowest BCUT2D eigenvalue weighted by molar-refractivity contribution is -0.124. The van der Waals surface area contributed by atoms with Crippen molar-refractivity contribution < 1.29 is 9.59 Å². The van der Waals surface area contributed by atoms with E-state index in [0.717, 1.165) is 10.9 Å². The zero-order valence-electron chi connectivity index (χ0n) is 10.9. The van der Waals surface area contributed by atoms with Crippen LogP contribution in [0.3, 0.4) is 0 Å². The van der Waals surface area contributed by atoms with Gasteiger partial charge in [0, 0.05) is 16.6 Å². The number of hydrogen-bond acceptors (Lipinski definition) is 2. The molecule has 1 atom stereocenters. The lowest BCUT2D eigenvalue weighted by Gasteiger charge is -2.23. The summed E-state index contributed by atoms with van der Waals surface area (Å²) < 4.78 is 0.916. The van der Waals surface area contributed by atoms with Crippen LogP contribution in [0, 0.1) is 12.3 Å². The fraction of sp³-hybridized carbons (Fsp3) is 0.333. The van der Waals surface area contributed by atoms with Gasteiger partial charge in [-0.05, 0) is 37.1 Å². The summed E-state index contributed by atoms with van der Waals surface area (Å²) in [6.07, 6.45) is 6.63. The number of amides is 2. The molecule has 1 saturated heterocycles. The highest BCUT2D eigenvalue weighted by molar-refractivity contribution is 9.10. The summed E-state index contributed by atoms with van der Waals surface area (Å²) >= 11 is 3.33. The predicted octanol–water partition coefficient (Wildman–Crippen LogP) is 1.80. The van der Waals surface area contributed by atoms with Crippen molar-refractivity contribution in [3.05, 3.63) is 34.3 Å². The molecule has 1 aromatic rings. The molecule has 1 fully saturated rings. The maximum absolute atomic E-state index is 12.4. The first-order valence-corrected chi connectivity index (χ1v) is 7.20. The van der Waals surface area contributed by atoms with E-state index in [4.69, 9.17) is 6.42 Å². The van der Waals surface area contributed by atoms with E-state index in [2.05, 4.69) is 27.2 Å². The summed E-state index contributed by atoms with van der Waals surface area (Å²) in [4.78, 5) is 26.1. The highest BCUT2D eigenvalue weighted by Crippen LogP contribution is 2.21. The summed E-state index contributed by atoms with van der Waals surface area (Å²) in [7, 11) is 0. The van der Waals surface area contributed by atoms with Gasteiger partial charge >= 0.3 is 0 Å². The maximum Gasteiger partial charge on any atom is 0.254 e. The van der Waals surface area contributed by atoms with Gasteiger partial charge in [-0.15, -0.1) is 6.42 Å². The Balaban J connectivity index is 2.10. The standard InChI is InChI=1S/C15H15BrN2O2/c1-2-9-17-14(19)13-4-3-10-18(13)15(20)11-5-7-12(16)8-6-11/h1,5-8,13H,3-4,9-10H2,(H,17,19)/t13-/m1/s1. The number of terminal acetylenes is 1. The number of hydrogen-bond donors (Lipinski definition) is 1. The van der Waals surface area contributed by atoms with Gasteiger partial charge in [0.1, 0.15) is 6.04 Å². The number of carbonyl (C=O) groups excluding carboxylic acids is 2. The van der Waals surface area contributed by atoms with Gasteiger partial charge in [-0.2, -0.15) is 0 Å². The number of halogens is 1. The van der Waals surface area contributed by atoms with Gasteiger partial charge in [-0.1, -0.05) is 21.9 Å². The number of carbonyl (C=O) groups is 2. The van der Waals surface area contributed by atoms with Gasteiger partial charge in [-0.25, -0.2) is 0 Å². The van der Waals surface area contributed by atoms with Crippen molar-refractivity contribution in [2.24, 2.45) is 0 Å². The van der Waals surface area contributed by atoms with E-state index in [1.165, 1.54) is 0 Å². The van der Waals surface area contributed by atoms with Gasteiger partial charge in [0.05, 0.1) is 6.54 Å². The normalized spacial score (nSPS) is 17.6. The number of nitrogens with one attached hydrogen (secondary N) is 1. The highest BCUT2D eigenvalue weighted by Gasteiger charge is 2.34. The average Bonchev–Trinajstić information content (AvgIpc) is 2.94. The van der Waals surface area contributed by atoms with Crippen LogP contribution < -0.4 is 5.32 Å². The molecule has 1 aromatic carbocycles. The third kappa shape index (κ3) is 3.20. The first-order chi connectivity index (χ1) is 9.63. The first-order valence-electron chi connectivity index (χ1n) is 6.41. The summed E-state index contributed by atoms with van der Waals surface area (Å²) in [5.41, 5.74) is 0.588. The zero-order valence-corrected chi connectivity index (χ0v) is 12.5. The van der Waals surface area contributed by atoms with E-state index >= 15 is 0 Å². The molecular formula is C15H15BrN2O2. The largest absolute Gasteiger partial charge is 0.343 e. The van der Waals surface area contributed by atoms with Crippen molar-refractivity contribution in [1.29, 1.82) is 0 Å². The molecule has 0 radical (unpaired) electrons. The molecular weight excluding hydrogens is 320 g/mol. The smallest absolute Gasteiger partial charge is 0.254 e. The predicted molar refractivity (Wildman–Crippen MR) is 80.0 cm³/mol. The molecule has 2 amide bonds. The Morgan fingerprint density at radius 3 is 2.75 bits per heavy atom. The van der Waals surface area contributed by atoms with E-state index in [9.17, 15) is 9.59 Å². The fourth-order valence-electron chi connectivity index (χ4n) is 2.30. The van der Waals surface area contributed by atoms with E-state index in [-0.39, 0.29) is 18.4 Å². The van der Waals surface area contributed by atoms with Gasteiger partial charge in [-0.3, -0.25) is 9.59 Å². The minimum atomic E-state index is -0.417. The molecule has 0 aromatic heterocycles. The SMILES string of the molecule is C#CCNC(=O)[C@H]1CCCN1C(=O)c1ccc(Br)cc1. The van der Waals surface area contributed by atoms with E-state index in [0.29, 0.717) is 18.5 Å². The summed E-state index contributed by atoms with van der Waals surface area (Å²) in [6.45, 7) is 0.790. The Kier molecular flexibility index (Phi) is 4.80. The number of rotatable bonds is 3. The van der Waals surface area contributed by atoms with Crippen LogP contribution in [0.15, 0.2) is 28.7 Å². The van der Waals surface area contributed by atoms with Crippen molar-refractivity contribution in [2.75, 3.05) is 13.1 Å². The van der Waals surface area contributed by atoms with Crippen LogP contribution in [0.1, 0.15) is 23.2 Å². The number of nitrogens with zero attached hydrogens (tertiary/aromatic N) is 1. The molecule has 0 aliphatic carbocycles. The molecule has 0 bridgehead atoms. The first kappa shape index (κ1) is 14.6. The Labute approximate surface area is 126 Å². The number of likely N-dealkylation sites (tertiary alicyclic amines) is 1. The third-order valence-corrected chi connectivity index (χ3v) is 3.80. The van der Waals surface area contributed by atoms with Crippen LogP contribution in [0.5, 0.6) is 0 Å². The summed E-state index contributed by atoms with van der Waals surface area (Å²) in [5.74, 6) is 2.07. The van der Waals surface area contributed by atoms with Crippen molar-refractivity contribution in [3.8, 4) is 12.3 Å². The van der Waals surface area contributed by atoms with Gasteiger partial charge in [0.25, 0.3) is 5.91 Å². The maximum atomic E-state index is 12.4. The minimum absolute atomic E-state index is 0.115. The fourth-order valence-corrected chi connectivity index (χ4v) is 2.56. The minimum Gasteiger partial charge on any atom is -0.343 e. The number of benzene rings is 1. The van der Waals surface area contributed by atoms with Gasteiger partial charge in [0.2, 0.25) is 5.91 Å². The Morgan fingerprint density at radius 2 is 2.10 bits per heavy atom. The molecule has 1 aliphatic rings. The molecule has 0 spiro atoms. The van der Waals surface area contributed by atoms with Crippen LogP contribution >= 0.6 is 15.9 Å². The molecule has 4 nitrogen and oxygen atoms in total. The molecule has 104 valence electrons. The molecule has 5 heteroatoms. The second-order valence-corrected chi connectivity index (χ2v) is 5.50. The monoisotopic (exact) mass is 334 g/mol. The topological polar surface area (TPSA) is 49.4 Å². The Morgan fingerprint density at radius 1 is 1.40 bits per heavy atom. The van der Waals surface area contributed by atoms with Crippen molar-refractivity contribution in [1.82, 2.24) is 10.2 Å². The van der Waals surface area contributed by atoms with Crippen LogP contribution in [0.2, 0.25) is 0 Å². The lowest BCUT2D eigenvalue weighted by Crippen LogP contribution is -2.46. The lowest BCUT2D eigenvalue weighted by atomic mass is 10.1. The van der Waals surface area contributed by atoms with Crippen molar-refractivity contribution >= 4 is 27.7 Å². The highest BCUT2D eigenvalue weighted by atomic mass is 79.9. The molecule has 0 unspecified atom stereocenters. The second-order valence-electron chi connectivity index (χ2n) is 4.59. The zero-order chi connectivity index (χ0) is 14.5. The Bertz CT molecular complexity index is 548. The van der Waals surface area contributed by atoms with E-state index in [1.807, 2.05) is 12.1 Å². The van der Waals surface area contributed by atoms with Crippen LogP contribution in [0.25, 0.3) is 0 Å². The van der Waals surface area contributed by atoms with E-state index in [1.54, 1.807) is 17.0 Å². The van der Waals surface area contributed by atoms with Crippen LogP contribution in [0.4, 0.5) is 0 Å². The quantitative estimate of drug-likeness (QED) is 0.857. The second kappa shape index (κ2) is 6.58. The molecule has 1 heterocycles. The molecule has 0 saturated carbocycles. The van der Waals surface area contributed by atoms with Crippen molar-refractivity contribution in [3.63, 3.8) is 0 Å². The van der Waals surface area contributed by atoms with Crippen LogP contribution in [-0.2, 0) is 4.79 Å². The van der Waals surface area contributed by atoms with Gasteiger partial charge < -0.3 is 10.2 Å². The van der Waals surface area contributed by atoms with Crippen LogP contribution in [-0.4, -0.2) is 35.8 Å². The third-order valence-electron chi connectivity index (χ3n) is 3.27. The van der Waals surface area contributed by atoms with Gasteiger partial charge in [0.15, 0.2) is 0 Å². The summed E-state index contributed by atoms with van der Waals surface area (Å²) in [6, 6.07) is 6.72. The summed E-state index contributed by atoms with van der Waals surface area (Å²) in [5, 5.41) is 2.64. The molecule has 1 aliphatic heterocycles. The van der Waals surface area contributed by atoms with E-state index < -0.39 is 6.04 Å². The Hall–Kier alpha value is -1.80. The average molecular weight is 335 g/mol. The van der Waals surface area contributed by atoms with Crippen molar-refractivity contribution in [2.45, 2.75) is 18.9 Å².